The van der Waals surface area contributed by atoms with Crippen LogP contribution in [0.1, 0.15) is 52.0 Å². The monoisotopic (exact) mass is 305 g/mol. The smallest absolute Gasteiger partial charge is 0.275 e. The molecule has 0 saturated carbocycles. The summed E-state index contributed by atoms with van der Waals surface area (Å²) in [6.45, 7) is 11.7. The van der Waals surface area contributed by atoms with Gasteiger partial charge in [0.2, 0.25) is 5.88 Å². The van der Waals surface area contributed by atoms with Crippen molar-refractivity contribution in [3.05, 3.63) is 24.1 Å². The lowest BCUT2D eigenvalue weighted by molar-refractivity contribution is 0.0915. The minimum atomic E-state index is -0.361. The Morgan fingerprint density at radius 3 is 2.32 bits per heavy atom. The lowest BCUT2D eigenvalue weighted by Gasteiger charge is -2.22. The number of amides is 1. The van der Waals surface area contributed by atoms with Crippen LogP contribution in [0.2, 0.25) is 0 Å². The van der Waals surface area contributed by atoms with Gasteiger partial charge in [0.1, 0.15) is 0 Å². The maximum atomic E-state index is 12.4. The zero-order valence-electron chi connectivity index (χ0n) is 13.9. The highest BCUT2D eigenvalue weighted by Crippen LogP contribution is 2.28. The summed E-state index contributed by atoms with van der Waals surface area (Å²) >= 11 is 0. The van der Waals surface area contributed by atoms with E-state index in [-0.39, 0.29) is 28.6 Å². The maximum absolute atomic E-state index is 12.4. The second kappa shape index (κ2) is 5.51. The van der Waals surface area contributed by atoms with E-state index in [1.54, 1.807) is 12.1 Å². The number of anilines is 1. The third kappa shape index (κ3) is 4.13. The highest BCUT2D eigenvalue weighted by atomic mass is 16.4. The summed E-state index contributed by atoms with van der Waals surface area (Å²) in [5, 5.41) is 6.06. The molecule has 0 atom stereocenters. The molecule has 0 bridgehead atoms. The predicted molar refractivity (Wildman–Crippen MR) is 84.8 cm³/mol. The highest BCUT2D eigenvalue weighted by Gasteiger charge is 2.27. The van der Waals surface area contributed by atoms with Gasteiger partial charge in [-0.3, -0.25) is 4.79 Å². The van der Waals surface area contributed by atoms with Gasteiger partial charge in [-0.05, 0) is 53.7 Å². The standard InChI is InChI=1S/C16H23N3O3/c1-15(2,3)18-12(20)11-14(19-16(4,5)6)22-13(17-11)10-8-7-9-21-10/h7-9,19H,1-6H3,(H,18,20). The fourth-order valence-corrected chi connectivity index (χ4v) is 1.80. The first-order valence-electron chi connectivity index (χ1n) is 7.20. The van der Waals surface area contributed by atoms with Gasteiger partial charge in [-0.2, -0.15) is 4.98 Å². The van der Waals surface area contributed by atoms with Gasteiger partial charge in [0.25, 0.3) is 11.8 Å². The van der Waals surface area contributed by atoms with Crippen molar-refractivity contribution in [3.63, 3.8) is 0 Å². The average Bonchev–Trinajstić information content (AvgIpc) is 2.91. The number of furan rings is 1. The molecule has 22 heavy (non-hydrogen) atoms. The molecule has 120 valence electrons. The Hall–Kier alpha value is -2.24. The maximum Gasteiger partial charge on any atom is 0.275 e. The molecular weight excluding hydrogens is 282 g/mol. The lowest BCUT2D eigenvalue weighted by Crippen LogP contribution is -2.41. The number of nitrogens with zero attached hydrogens (tertiary/aromatic N) is 1. The van der Waals surface area contributed by atoms with Crippen LogP contribution in [-0.2, 0) is 0 Å². The Morgan fingerprint density at radius 2 is 1.82 bits per heavy atom. The summed E-state index contributed by atoms with van der Waals surface area (Å²) < 4.78 is 11.0. The SMILES string of the molecule is CC(C)(C)NC(=O)c1nc(-c2ccco2)oc1NC(C)(C)C. The molecule has 0 unspecified atom stereocenters. The van der Waals surface area contributed by atoms with Crippen LogP contribution in [-0.4, -0.2) is 22.0 Å². The van der Waals surface area contributed by atoms with E-state index in [4.69, 9.17) is 8.83 Å². The molecule has 2 N–H and O–H groups in total. The Labute approximate surface area is 130 Å². The number of carbonyl (C=O) groups excluding carboxylic acids is 1. The van der Waals surface area contributed by atoms with E-state index in [0.29, 0.717) is 11.6 Å². The van der Waals surface area contributed by atoms with Crippen LogP contribution in [0.5, 0.6) is 0 Å². The van der Waals surface area contributed by atoms with Gasteiger partial charge in [-0.25, -0.2) is 0 Å². The van der Waals surface area contributed by atoms with Crippen molar-refractivity contribution in [1.82, 2.24) is 10.3 Å². The number of aromatic nitrogens is 1. The van der Waals surface area contributed by atoms with Crippen molar-refractivity contribution in [1.29, 1.82) is 0 Å². The Balaban J connectivity index is 2.39. The number of rotatable bonds is 3. The molecule has 0 aliphatic heterocycles. The summed E-state index contributed by atoms with van der Waals surface area (Å²) in [6.07, 6.45) is 1.53. The van der Waals surface area contributed by atoms with Gasteiger partial charge >= 0.3 is 0 Å². The zero-order chi connectivity index (χ0) is 16.5. The topological polar surface area (TPSA) is 80.3 Å². The van der Waals surface area contributed by atoms with Crippen LogP contribution >= 0.6 is 0 Å². The van der Waals surface area contributed by atoms with E-state index in [1.165, 1.54) is 6.26 Å². The van der Waals surface area contributed by atoms with Crippen LogP contribution in [0, 0.1) is 0 Å². The van der Waals surface area contributed by atoms with E-state index >= 15 is 0 Å². The first kappa shape index (κ1) is 16.1. The van der Waals surface area contributed by atoms with Gasteiger partial charge < -0.3 is 19.5 Å². The van der Waals surface area contributed by atoms with Crippen LogP contribution in [0.25, 0.3) is 11.7 Å². The normalized spacial score (nSPS) is 12.3. The molecule has 0 spiro atoms. The summed E-state index contributed by atoms with van der Waals surface area (Å²) in [5.74, 6) is 0.795. The van der Waals surface area contributed by atoms with Crippen LogP contribution in [0.15, 0.2) is 27.2 Å². The van der Waals surface area contributed by atoms with Crippen LogP contribution in [0.4, 0.5) is 5.88 Å². The first-order chi connectivity index (χ1) is 10.1. The number of hydrogen-bond donors (Lipinski definition) is 2. The fourth-order valence-electron chi connectivity index (χ4n) is 1.80. The van der Waals surface area contributed by atoms with E-state index in [2.05, 4.69) is 15.6 Å². The summed E-state index contributed by atoms with van der Waals surface area (Å²) in [6, 6.07) is 3.48. The molecule has 0 aromatic carbocycles. The number of oxazole rings is 1. The third-order valence-corrected chi connectivity index (χ3v) is 2.55. The van der Waals surface area contributed by atoms with Crippen molar-refractivity contribution in [2.45, 2.75) is 52.6 Å². The number of nitrogens with one attached hydrogen (secondary N) is 2. The van der Waals surface area contributed by atoms with Crippen molar-refractivity contribution in [2.75, 3.05) is 5.32 Å². The van der Waals surface area contributed by atoms with Crippen molar-refractivity contribution in [2.24, 2.45) is 0 Å². The molecule has 0 fully saturated rings. The van der Waals surface area contributed by atoms with Crippen LogP contribution in [0.3, 0.4) is 0 Å². The highest BCUT2D eigenvalue weighted by molar-refractivity contribution is 5.97. The zero-order valence-corrected chi connectivity index (χ0v) is 13.9. The van der Waals surface area contributed by atoms with Crippen molar-refractivity contribution >= 4 is 11.8 Å². The molecule has 2 aromatic rings. The Kier molecular flexibility index (Phi) is 4.04. The summed E-state index contributed by atoms with van der Waals surface area (Å²) in [4.78, 5) is 16.7. The molecule has 2 rings (SSSR count). The predicted octanol–water partition coefficient (Wildman–Crippen LogP) is 3.67. The molecule has 6 nitrogen and oxygen atoms in total. The lowest BCUT2D eigenvalue weighted by atomic mass is 10.1. The van der Waals surface area contributed by atoms with Gasteiger partial charge in [-0.15, -0.1) is 0 Å². The van der Waals surface area contributed by atoms with Gasteiger partial charge in [0, 0.05) is 11.1 Å². The molecule has 2 aromatic heterocycles. The third-order valence-electron chi connectivity index (χ3n) is 2.55. The summed E-state index contributed by atoms with van der Waals surface area (Å²) in [5.41, 5.74) is -0.410. The minimum Gasteiger partial charge on any atom is -0.459 e. The van der Waals surface area contributed by atoms with Gasteiger partial charge in [0.05, 0.1) is 6.26 Å². The van der Waals surface area contributed by atoms with Crippen LogP contribution < -0.4 is 10.6 Å². The molecule has 6 heteroatoms. The molecule has 2 heterocycles. The second-order valence-corrected chi connectivity index (χ2v) is 7.25. The number of hydrogen-bond acceptors (Lipinski definition) is 5. The van der Waals surface area contributed by atoms with E-state index in [9.17, 15) is 4.79 Å². The quantitative estimate of drug-likeness (QED) is 0.904. The first-order valence-corrected chi connectivity index (χ1v) is 7.20. The summed E-state index contributed by atoms with van der Waals surface area (Å²) in [7, 11) is 0. The van der Waals surface area contributed by atoms with E-state index in [1.807, 2.05) is 41.5 Å². The average molecular weight is 305 g/mol. The Bertz CT molecular complexity index is 643. The van der Waals surface area contributed by atoms with Crippen molar-refractivity contribution in [3.8, 4) is 11.7 Å². The molecule has 0 aliphatic rings. The molecule has 0 aliphatic carbocycles. The molecule has 0 saturated heterocycles. The molecule has 0 radical (unpaired) electrons. The van der Waals surface area contributed by atoms with Gasteiger partial charge in [0.15, 0.2) is 11.5 Å². The molecular formula is C16H23N3O3. The van der Waals surface area contributed by atoms with E-state index < -0.39 is 0 Å². The molecule has 1 amide bonds. The second-order valence-electron chi connectivity index (χ2n) is 7.25. The van der Waals surface area contributed by atoms with Crippen molar-refractivity contribution < 1.29 is 13.6 Å². The fraction of sp³-hybridized carbons (Fsp3) is 0.500. The van der Waals surface area contributed by atoms with Gasteiger partial charge in [-0.1, -0.05) is 0 Å². The number of carbonyl (C=O) groups is 1. The Morgan fingerprint density at radius 1 is 1.14 bits per heavy atom. The van der Waals surface area contributed by atoms with E-state index in [0.717, 1.165) is 0 Å². The minimum absolute atomic E-state index is 0.219. The largest absolute Gasteiger partial charge is 0.459 e.